The van der Waals surface area contributed by atoms with Gasteiger partial charge in [0.15, 0.2) is 0 Å². The number of carbonyl (C=O) groups excluding carboxylic acids is 1. The molecule has 1 aliphatic heterocycles. The highest BCUT2D eigenvalue weighted by atomic mass is 16.6. The minimum Gasteiger partial charge on any atom is -0.378 e. The van der Waals surface area contributed by atoms with E-state index in [0.29, 0.717) is 44.1 Å². The van der Waals surface area contributed by atoms with Crippen molar-refractivity contribution in [2.45, 2.75) is 20.4 Å². The minimum atomic E-state index is -0.423. The summed E-state index contributed by atoms with van der Waals surface area (Å²) in [6, 6.07) is 12.9. The average molecular weight is 427 g/mol. The first-order valence-corrected chi connectivity index (χ1v) is 10.6. The Morgan fingerprint density at radius 1 is 1.10 bits per heavy atom. The molecule has 2 aromatic rings. The molecule has 1 saturated heterocycles. The molecule has 8 nitrogen and oxygen atoms in total. The van der Waals surface area contributed by atoms with E-state index in [9.17, 15) is 14.9 Å². The lowest BCUT2D eigenvalue weighted by atomic mass is 10.1. The van der Waals surface area contributed by atoms with E-state index in [0.717, 1.165) is 24.3 Å². The van der Waals surface area contributed by atoms with Crippen molar-refractivity contribution in [3.05, 3.63) is 63.7 Å². The first-order valence-electron chi connectivity index (χ1n) is 10.6. The second kappa shape index (κ2) is 10.3. The van der Waals surface area contributed by atoms with Crippen molar-refractivity contribution in [1.29, 1.82) is 0 Å². The molecule has 0 unspecified atom stereocenters. The summed E-state index contributed by atoms with van der Waals surface area (Å²) >= 11 is 0. The fourth-order valence-corrected chi connectivity index (χ4v) is 3.84. The van der Waals surface area contributed by atoms with Crippen molar-refractivity contribution in [2.75, 3.05) is 56.2 Å². The molecule has 0 aromatic heterocycles. The number of nitro groups is 1. The van der Waals surface area contributed by atoms with Gasteiger partial charge in [-0.05, 0) is 43.7 Å². The van der Waals surface area contributed by atoms with Gasteiger partial charge in [0.2, 0.25) is 0 Å². The van der Waals surface area contributed by atoms with Crippen LogP contribution >= 0.6 is 0 Å². The van der Waals surface area contributed by atoms with E-state index in [1.807, 2.05) is 17.0 Å². The van der Waals surface area contributed by atoms with Gasteiger partial charge in [0.05, 0.1) is 18.1 Å². The van der Waals surface area contributed by atoms with Gasteiger partial charge in [0.25, 0.3) is 11.6 Å². The molecule has 3 rings (SSSR count). The fourth-order valence-electron chi connectivity index (χ4n) is 3.84. The lowest BCUT2D eigenvalue weighted by Crippen LogP contribution is -2.36. The number of nitro benzene ring substituents is 1. The third-order valence-corrected chi connectivity index (χ3v) is 5.60. The molecule has 0 atom stereocenters. The molecule has 0 spiro atoms. The molecular formula is C23H30N4O4. The van der Waals surface area contributed by atoms with E-state index in [2.05, 4.69) is 30.9 Å². The van der Waals surface area contributed by atoms with Crippen LogP contribution < -0.4 is 9.80 Å². The molecule has 0 saturated carbocycles. The van der Waals surface area contributed by atoms with E-state index >= 15 is 0 Å². The van der Waals surface area contributed by atoms with Crippen molar-refractivity contribution >= 4 is 23.0 Å². The molecule has 31 heavy (non-hydrogen) atoms. The Balaban J connectivity index is 1.74. The molecular weight excluding hydrogens is 396 g/mol. The molecule has 1 amide bonds. The molecule has 0 N–H and O–H groups in total. The second-order valence-corrected chi connectivity index (χ2v) is 7.56. The molecule has 166 valence electrons. The maximum absolute atomic E-state index is 12.9. The standard InChI is InChI=1S/C23H30N4O4/c1-4-25(5-2)20-9-6-18(7-10-20)17-24(3)23(28)19-8-11-21(22(16-19)27(29)30)26-12-14-31-15-13-26/h6-11,16H,4-5,12-15,17H2,1-3H3. The normalized spacial score (nSPS) is 13.7. The van der Waals surface area contributed by atoms with Gasteiger partial charge in [-0.3, -0.25) is 14.9 Å². The number of hydrogen-bond donors (Lipinski definition) is 0. The summed E-state index contributed by atoms with van der Waals surface area (Å²) in [7, 11) is 1.71. The Morgan fingerprint density at radius 3 is 2.32 bits per heavy atom. The summed E-state index contributed by atoms with van der Waals surface area (Å²) < 4.78 is 5.33. The first kappa shape index (κ1) is 22.6. The summed E-state index contributed by atoms with van der Waals surface area (Å²) in [5.41, 5.74) is 2.94. The van der Waals surface area contributed by atoms with E-state index < -0.39 is 4.92 Å². The lowest BCUT2D eigenvalue weighted by molar-refractivity contribution is -0.384. The second-order valence-electron chi connectivity index (χ2n) is 7.56. The van der Waals surface area contributed by atoms with Crippen LogP contribution in [0, 0.1) is 10.1 Å². The Hall–Kier alpha value is -3.13. The molecule has 0 radical (unpaired) electrons. The molecule has 1 fully saturated rings. The van der Waals surface area contributed by atoms with Crippen LogP contribution in [0.2, 0.25) is 0 Å². The zero-order valence-electron chi connectivity index (χ0n) is 18.4. The van der Waals surface area contributed by atoms with Crippen LogP contribution in [-0.2, 0) is 11.3 Å². The quantitative estimate of drug-likeness (QED) is 0.474. The number of morpholine rings is 1. The number of benzene rings is 2. The van der Waals surface area contributed by atoms with Gasteiger partial charge in [-0.15, -0.1) is 0 Å². The summed E-state index contributed by atoms with van der Waals surface area (Å²) in [6.07, 6.45) is 0. The molecule has 8 heteroatoms. The fraction of sp³-hybridized carbons (Fsp3) is 0.435. The molecule has 1 aliphatic rings. The number of amides is 1. The predicted molar refractivity (Wildman–Crippen MR) is 122 cm³/mol. The van der Waals surface area contributed by atoms with E-state index in [-0.39, 0.29) is 11.6 Å². The Morgan fingerprint density at radius 2 is 1.74 bits per heavy atom. The van der Waals surface area contributed by atoms with E-state index in [1.165, 1.54) is 6.07 Å². The van der Waals surface area contributed by atoms with Crippen LogP contribution in [0.15, 0.2) is 42.5 Å². The van der Waals surface area contributed by atoms with Gasteiger partial charge < -0.3 is 19.4 Å². The highest BCUT2D eigenvalue weighted by molar-refractivity contribution is 5.95. The number of carbonyl (C=O) groups is 1. The SMILES string of the molecule is CCN(CC)c1ccc(CN(C)C(=O)c2ccc(N3CCOCC3)c([N+](=O)[O-])c2)cc1. The van der Waals surface area contributed by atoms with Gasteiger partial charge in [-0.25, -0.2) is 0 Å². The zero-order chi connectivity index (χ0) is 22.4. The van der Waals surface area contributed by atoms with Crippen LogP contribution in [0.4, 0.5) is 17.1 Å². The largest absolute Gasteiger partial charge is 0.378 e. The van der Waals surface area contributed by atoms with Gasteiger partial charge in [0.1, 0.15) is 5.69 Å². The number of hydrogen-bond acceptors (Lipinski definition) is 6. The number of rotatable bonds is 8. The highest BCUT2D eigenvalue weighted by Gasteiger charge is 2.24. The van der Waals surface area contributed by atoms with Crippen molar-refractivity contribution in [3.63, 3.8) is 0 Å². The van der Waals surface area contributed by atoms with Crippen LogP contribution in [0.25, 0.3) is 0 Å². The van der Waals surface area contributed by atoms with E-state index in [1.54, 1.807) is 24.1 Å². The predicted octanol–water partition coefficient (Wildman–Crippen LogP) is 3.55. The smallest absolute Gasteiger partial charge is 0.293 e. The van der Waals surface area contributed by atoms with Crippen molar-refractivity contribution < 1.29 is 14.5 Å². The summed E-state index contributed by atoms with van der Waals surface area (Å²) in [5.74, 6) is -0.246. The number of nitrogens with zero attached hydrogens (tertiary/aromatic N) is 4. The van der Waals surface area contributed by atoms with Gasteiger partial charge in [-0.2, -0.15) is 0 Å². The molecule has 0 aliphatic carbocycles. The molecule has 1 heterocycles. The van der Waals surface area contributed by atoms with Gasteiger partial charge in [0, 0.05) is 57.1 Å². The Labute approximate surface area is 183 Å². The summed E-state index contributed by atoms with van der Waals surface area (Å²) in [5, 5.41) is 11.7. The Bertz CT molecular complexity index is 906. The Kier molecular flexibility index (Phi) is 7.46. The van der Waals surface area contributed by atoms with Crippen LogP contribution in [-0.4, -0.2) is 62.2 Å². The van der Waals surface area contributed by atoms with Crippen LogP contribution in [0.1, 0.15) is 29.8 Å². The average Bonchev–Trinajstić information content (AvgIpc) is 2.80. The number of ether oxygens (including phenoxy) is 1. The molecule has 2 aromatic carbocycles. The van der Waals surface area contributed by atoms with Crippen molar-refractivity contribution in [2.24, 2.45) is 0 Å². The first-order chi connectivity index (χ1) is 14.9. The topological polar surface area (TPSA) is 79.2 Å². The van der Waals surface area contributed by atoms with E-state index in [4.69, 9.17) is 4.74 Å². The summed E-state index contributed by atoms with van der Waals surface area (Å²) in [4.78, 5) is 29.9. The minimum absolute atomic E-state index is 0.0512. The summed E-state index contributed by atoms with van der Waals surface area (Å²) in [6.45, 7) is 8.80. The van der Waals surface area contributed by atoms with Crippen LogP contribution in [0.3, 0.4) is 0 Å². The lowest BCUT2D eigenvalue weighted by Gasteiger charge is -2.28. The van der Waals surface area contributed by atoms with Crippen molar-refractivity contribution in [1.82, 2.24) is 4.90 Å². The van der Waals surface area contributed by atoms with Gasteiger partial charge in [-0.1, -0.05) is 12.1 Å². The zero-order valence-corrected chi connectivity index (χ0v) is 18.4. The maximum atomic E-state index is 12.9. The maximum Gasteiger partial charge on any atom is 0.293 e. The van der Waals surface area contributed by atoms with Crippen molar-refractivity contribution in [3.8, 4) is 0 Å². The molecule has 0 bridgehead atoms. The monoisotopic (exact) mass is 426 g/mol. The van der Waals surface area contributed by atoms with Crippen LogP contribution in [0.5, 0.6) is 0 Å². The number of anilines is 2. The highest BCUT2D eigenvalue weighted by Crippen LogP contribution is 2.30. The third kappa shape index (κ3) is 5.32. The third-order valence-electron chi connectivity index (χ3n) is 5.60. The van der Waals surface area contributed by atoms with Gasteiger partial charge >= 0.3 is 0 Å².